The molecule has 1 aliphatic heterocycles. The van der Waals surface area contributed by atoms with Gasteiger partial charge in [-0.25, -0.2) is 4.79 Å². The number of carbonyl (C=O) groups is 3. The summed E-state index contributed by atoms with van der Waals surface area (Å²) in [5, 5.41) is 0. The molecule has 6 nitrogen and oxygen atoms in total. The molecule has 0 bridgehead atoms. The second-order valence-electron chi connectivity index (χ2n) is 5.86. The van der Waals surface area contributed by atoms with E-state index < -0.39 is 23.7 Å². The molecule has 0 N–H and O–H groups in total. The number of hydrogen-bond acceptors (Lipinski definition) is 5. The molecule has 3 rings (SSSR count). The van der Waals surface area contributed by atoms with Crippen molar-refractivity contribution in [2.45, 2.75) is 18.9 Å². The molecule has 2 aromatic carbocycles. The summed E-state index contributed by atoms with van der Waals surface area (Å²) in [5.41, 5.74) is 0.259. The highest BCUT2D eigenvalue weighted by molar-refractivity contribution is 6.49. The second-order valence-corrected chi connectivity index (χ2v) is 5.86. The van der Waals surface area contributed by atoms with Crippen LogP contribution in [0.3, 0.4) is 0 Å². The minimum atomic E-state index is -0.764. The van der Waals surface area contributed by atoms with Crippen LogP contribution in [0.25, 0.3) is 0 Å². The monoisotopic (exact) mass is 350 g/mol. The number of rotatable bonds is 5. The Kier molecular flexibility index (Phi) is 5.22. The molecule has 0 aliphatic carbocycles. The molecule has 1 atom stereocenters. The van der Waals surface area contributed by atoms with Crippen molar-refractivity contribution in [1.29, 1.82) is 0 Å². The first-order chi connectivity index (χ1) is 12.6. The molecule has 0 aromatic heterocycles. The summed E-state index contributed by atoms with van der Waals surface area (Å²) in [6, 6.07) is 13.6. The third kappa shape index (κ3) is 3.54. The predicted molar refractivity (Wildman–Crippen MR) is 93.0 cm³/mol. The smallest absolute Gasteiger partial charge is 0.409 e. The quantitative estimate of drug-likeness (QED) is 0.612. The third-order valence-electron chi connectivity index (χ3n) is 4.19. The van der Waals surface area contributed by atoms with Crippen LogP contribution in [0.15, 0.2) is 54.6 Å². The fourth-order valence-electron chi connectivity index (χ4n) is 2.85. The van der Waals surface area contributed by atoms with Gasteiger partial charge in [0.25, 0.3) is 0 Å². The van der Waals surface area contributed by atoms with Crippen LogP contribution in [0.5, 0.6) is 5.75 Å². The highest BCUT2D eigenvalue weighted by atomic mass is 16.6. The van der Waals surface area contributed by atoms with Crippen molar-refractivity contribution < 1.29 is 23.9 Å². The van der Waals surface area contributed by atoms with Crippen molar-refractivity contribution in [3.05, 3.63) is 65.7 Å². The fraction of sp³-hybridized carbons (Fsp3) is 0.200. The molecule has 0 unspecified atom stereocenters. The van der Waals surface area contributed by atoms with Crippen molar-refractivity contribution in [2.24, 2.45) is 0 Å². The Balaban J connectivity index is 1.82. The molecule has 1 radical (unpaired) electrons. The average Bonchev–Trinajstić information content (AvgIpc) is 3.17. The predicted octanol–water partition coefficient (Wildman–Crippen LogP) is 2.83. The van der Waals surface area contributed by atoms with Crippen molar-refractivity contribution in [3.63, 3.8) is 0 Å². The second kappa shape index (κ2) is 7.74. The van der Waals surface area contributed by atoms with Gasteiger partial charge < -0.3 is 4.74 Å². The molecule has 2 aromatic rings. The summed E-state index contributed by atoms with van der Waals surface area (Å²) in [7, 11) is 0. The molecule has 1 amide bonds. The SMILES string of the molecule is O=[C][C@@H]1CCCN1C(=O)Oc1ccccc1C(=O)C(=O)c1ccccc1. The van der Waals surface area contributed by atoms with E-state index in [0.29, 0.717) is 19.4 Å². The molecule has 26 heavy (non-hydrogen) atoms. The van der Waals surface area contributed by atoms with Crippen LogP contribution >= 0.6 is 0 Å². The number of carbonyl (C=O) groups excluding carboxylic acids is 4. The molecule has 1 fully saturated rings. The van der Waals surface area contributed by atoms with Gasteiger partial charge in [0.2, 0.25) is 17.9 Å². The first-order valence-electron chi connectivity index (χ1n) is 8.21. The lowest BCUT2D eigenvalue weighted by Crippen LogP contribution is -2.38. The molecule has 1 heterocycles. The van der Waals surface area contributed by atoms with E-state index in [4.69, 9.17) is 4.74 Å². The summed E-state index contributed by atoms with van der Waals surface area (Å²) in [4.78, 5) is 49.5. The Morgan fingerprint density at radius 1 is 0.962 bits per heavy atom. The average molecular weight is 350 g/mol. The molecule has 1 aliphatic rings. The van der Waals surface area contributed by atoms with Gasteiger partial charge in [-0.3, -0.25) is 19.3 Å². The Hall–Kier alpha value is -3.28. The maximum Gasteiger partial charge on any atom is 0.415 e. The zero-order chi connectivity index (χ0) is 18.5. The summed E-state index contributed by atoms with van der Waals surface area (Å²) in [6.07, 6.45) is 2.29. The number of para-hydroxylation sites is 1. The highest BCUT2D eigenvalue weighted by Gasteiger charge is 2.31. The number of ether oxygens (including phenoxy) is 1. The van der Waals surface area contributed by atoms with Gasteiger partial charge in [0.15, 0.2) is 0 Å². The van der Waals surface area contributed by atoms with Crippen molar-refractivity contribution in [2.75, 3.05) is 6.54 Å². The molecule has 131 valence electrons. The van der Waals surface area contributed by atoms with Gasteiger partial charge in [0.05, 0.1) is 5.56 Å². The largest absolute Gasteiger partial charge is 0.415 e. The lowest BCUT2D eigenvalue weighted by molar-refractivity contribution is 0.0814. The van der Waals surface area contributed by atoms with Crippen LogP contribution in [0, 0.1) is 0 Å². The van der Waals surface area contributed by atoms with Crippen molar-refractivity contribution >= 4 is 23.9 Å². The van der Waals surface area contributed by atoms with Gasteiger partial charge >= 0.3 is 6.09 Å². The molecule has 1 saturated heterocycles. The Morgan fingerprint density at radius 2 is 1.65 bits per heavy atom. The molecule has 0 saturated carbocycles. The number of hydrogen-bond donors (Lipinski definition) is 0. The maximum absolute atomic E-state index is 12.6. The summed E-state index contributed by atoms with van der Waals surface area (Å²) in [6.45, 7) is 0.387. The number of amides is 1. The van der Waals surface area contributed by atoms with E-state index >= 15 is 0 Å². The van der Waals surface area contributed by atoms with E-state index in [2.05, 4.69) is 0 Å². The highest BCUT2D eigenvalue weighted by Crippen LogP contribution is 2.23. The number of Topliss-reactive ketones (excluding diaryl/α,β-unsaturated/α-hetero) is 2. The van der Waals surface area contributed by atoms with Gasteiger partial charge in [0.1, 0.15) is 11.8 Å². The van der Waals surface area contributed by atoms with Crippen LogP contribution in [0.4, 0.5) is 4.79 Å². The maximum atomic E-state index is 12.6. The zero-order valence-corrected chi connectivity index (χ0v) is 13.9. The summed E-state index contributed by atoms with van der Waals surface area (Å²) >= 11 is 0. The fourth-order valence-corrected chi connectivity index (χ4v) is 2.85. The molecular weight excluding hydrogens is 334 g/mol. The number of ketones is 2. The van der Waals surface area contributed by atoms with Gasteiger partial charge in [-0.2, -0.15) is 0 Å². The van der Waals surface area contributed by atoms with E-state index in [1.807, 2.05) is 6.29 Å². The van der Waals surface area contributed by atoms with Gasteiger partial charge in [-0.05, 0) is 25.0 Å². The molecule has 6 heteroatoms. The van der Waals surface area contributed by atoms with E-state index in [1.165, 1.54) is 17.0 Å². The summed E-state index contributed by atoms with van der Waals surface area (Å²) < 4.78 is 5.30. The van der Waals surface area contributed by atoms with Crippen LogP contribution in [0.2, 0.25) is 0 Å². The Morgan fingerprint density at radius 3 is 2.38 bits per heavy atom. The van der Waals surface area contributed by atoms with Crippen molar-refractivity contribution in [3.8, 4) is 5.75 Å². The van der Waals surface area contributed by atoms with Crippen molar-refractivity contribution in [1.82, 2.24) is 4.90 Å². The topological polar surface area (TPSA) is 80.8 Å². The Bertz CT molecular complexity index is 846. The Labute approximate surface area is 150 Å². The zero-order valence-electron chi connectivity index (χ0n) is 13.9. The van der Waals surface area contributed by atoms with Crippen LogP contribution in [-0.4, -0.2) is 41.4 Å². The van der Waals surface area contributed by atoms with Gasteiger partial charge in [-0.15, -0.1) is 0 Å². The van der Waals surface area contributed by atoms with E-state index in [0.717, 1.165) is 0 Å². The number of nitrogens with zero attached hydrogens (tertiary/aromatic N) is 1. The lowest BCUT2D eigenvalue weighted by atomic mass is 10.0. The minimum Gasteiger partial charge on any atom is -0.409 e. The lowest BCUT2D eigenvalue weighted by Gasteiger charge is -2.19. The standard InChI is InChI=1S/C20H16NO5/c22-13-15-9-6-12-21(15)20(25)26-17-11-5-4-10-16(17)19(24)18(23)14-7-2-1-3-8-14/h1-5,7-8,10-11,15H,6,9,12H2/t15-/m0/s1. The summed E-state index contributed by atoms with van der Waals surface area (Å²) in [5.74, 6) is -1.46. The molecule has 0 spiro atoms. The first-order valence-corrected chi connectivity index (χ1v) is 8.21. The van der Waals surface area contributed by atoms with Crippen LogP contribution in [-0.2, 0) is 4.79 Å². The minimum absolute atomic E-state index is 0.000493. The number of likely N-dealkylation sites (tertiary alicyclic amines) is 1. The van der Waals surface area contributed by atoms with Gasteiger partial charge in [0, 0.05) is 12.1 Å². The normalized spacial score (nSPS) is 16.2. The van der Waals surface area contributed by atoms with E-state index in [1.54, 1.807) is 42.5 Å². The number of benzene rings is 2. The van der Waals surface area contributed by atoms with Gasteiger partial charge in [-0.1, -0.05) is 42.5 Å². The third-order valence-corrected chi connectivity index (χ3v) is 4.19. The first kappa shape index (κ1) is 17.5. The molecular formula is C20H16NO5. The van der Waals surface area contributed by atoms with E-state index in [9.17, 15) is 19.2 Å². The van der Waals surface area contributed by atoms with E-state index in [-0.39, 0.29) is 16.9 Å². The van der Waals surface area contributed by atoms with Crippen LogP contribution < -0.4 is 4.74 Å². The van der Waals surface area contributed by atoms with Crippen LogP contribution in [0.1, 0.15) is 33.6 Å².